The Hall–Kier alpha value is -0.180. The van der Waals surface area contributed by atoms with Gasteiger partial charge in [0.2, 0.25) is 0 Å². The summed E-state index contributed by atoms with van der Waals surface area (Å²) in [5, 5.41) is 0. The number of hydrogen-bond donors (Lipinski definition) is 0. The van der Waals surface area contributed by atoms with Gasteiger partial charge in [-0.05, 0) is 24.5 Å². The minimum absolute atomic E-state index is 0.00889. The molecule has 0 aromatic carbocycles. The van der Waals surface area contributed by atoms with Crippen LogP contribution in [0, 0.1) is 5.92 Å². The second-order valence-electron chi connectivity index (χ2n) is 6.23. The zero-order valence-electron chi connectivity index (χ0n) is 15.2. The third kappa shape index (κ3) is 14.7. The molecular formula is C19H38O2S. The van der Waals surface area contributed by atoms with Gasteiger partial charge in [0.15, 0.2) is 0 Å². The van der Waals surface area contributed by atoms with Crippen LogP contribution in [-0.4, -0.2) is 24.1 Å². The molecule has 0 saturated heterocycles. The van der Waals surface area contributed by atoms with Gasteiger partial charge < -0.3 is 4.74 Å². The molecule has 132 valence electrons. The predicted molar refractivity (Wildman–Crippen MR) is 99.6 cm³/mol. The molecule has 0 amide bonds. The van der Waals surface area contributed by atoms with Crippen LogP contribution in [0.25, 0.3) is 0 Å². The lowest BCUT2D eigenvalue weighted by atomic mass is 10.0. The van der Waals surface area contributed by atoms with Crippen LogP contribution in [0.5, 0.6) is 0 Å². The lowest BCUT2D eigenvalue weighted by Gasteiger charge is -2.14. The maximum absolute atomic E-state index is 11.7. The number of carbonyl (C=O) groups is 1. The smallest absolute Gasteiger partial charge is 0.306 e. The number of esters is 1. The van der Waals surface area contributed by atoms with Gasteiger partial charge in [-0.3, -0.25) is 4.79 Å². The molecule has 0 aromatic heterocycles. The first-order chi connectivity index (χ1) is 10.7. The summed E-state index contributed by atoms with van der Waals surface area (Å²) in [6, 6.07) is 0. The van der Waals surface area contributed by atoms with E-state index >= 15 is 0 Å². The maximum Gasteiger partial charge on any atom is 0.306 e. The fourth-order valence-corrected chi connectivity index (χ4v) is 3.35. The minimum Gasteiger partial charge on any atom is -0.465 e. The zero-order chi connectivity index (χ0) is 16.5. The van der Waals surface area contributed by atoms with E-state index in [2.05, 4.69) is 20.8 Å². The van der Waals surface area contributed by atoms with Crippen LogP contribution < -0.4 is 0 Å². The SMILES string of the molecule is CCCCCCCCSCCC(=O)OCC(CC)CCCC. The molecule has 0 N–H and O–H groups in total. The van der Waals surface area contributed by atoms with Crippen molar-refractivity contribution >= 4 is 17.7 Å². The fraction of sp³-hybridized carbons (Fsp3) is 0.947. The topological polar surface area (TPSA) is 26.3 Å². The fourth-order valence-electron chi connectivity index (χ4n) is 2.42. The molecule has 0 bridgehead atoms. The monoisotopic (exact) mass is 330 g/mol. The van der Waals surface area contributed by atoms with Crippen molar-refractivity contribution in [1.82, 2.24) is 0 Å². The maximum atomic E-state index is 11.7. The molecular weight excluding hydrogens is 292 g/mol. The molecule has 0 aliphatic heterocycles. The summed E-state index contributed by atoms with van der Waals surface area (Å²) in [7, 11) is 0. The van der Waals surface area contributed by atoms with Crippen molar-refractivity contribution in [3.8, 4) is 0 Å². The summed E-state index contributed by atoms with van der Waals surface area (Å²) < 4.78 is 5.41. The van der Waals surface area contributed by atoms with Gasteiger partial charge in [0.05, 0.1) is 13.0 Å². The van der Waals surface area contributed by atoms with Gasteiger partial charge in [0, 0.05) is 5.75 Å². The van der Waals surface area contributed by atoms with E-state index in [1.54, 1.807) is 0 Å². The van der Waals surface area contributed by atoms with Crippen LogP contribution >= 0.6 is 11.8 Å². The largest absolute Gasteiger partial charge is 0.465 e. The average molecular weight is 331 g/mol. The molecule has 2 nitrogen and oxygen atoms in total. The summed E-state index contributed by atoms with van der Waals surface area (Å²) >= 11 is 1.90. The van der Waals surface area contributed by atoms with Crippen molar-refractivity contribution in [1.29, 1.82) is 0 Å². The van der Waals surface area contributed by atoms with Crippen LogP contribution in [0.3, 0.4) is 0 Å². The summed E-state index contributed by atoms with van der Waals surface area (Å²) in [5.41, 5.74) is 0. The lowest BCUT2D eigenvalue weighted by Crippen LogP contribution is -2.14. The van der Waals surface area contributed by atoms with E-state index in [0.717, 1.165) is 12.2 Å². The van der Waals surface area contributed by atoms with Gasteiger partial charge in [-0.15, -0.1) is 0 Å². The molecule has 0 aliphatic rings. The highest BCUT2D eigenvalue weighted by atomic mass is 32.2. The molecule has 0 spiro atoms. The number of hydrogen-bond acceptors (Lipinski definition) is 3. The first kappa shape index (κ1) is 21.8. The van der Waals surface area contributed by atoms with Crippen LogP contribution in [0.1, 0.15) is 91.4 Å². The summed E-state index contributed by atoms with van der Waals surface area (Å²) in [5.74, 6) is 2.65. The molecule has 0 rings (SSSR count). The van der Waals surface area contributed by atoms with Crippen molar-refractivity contribution in [2.45, 2.75) is 91.4 Å². The Morgan fingerprint density at radius 1 is 0.909 bits per heavy atom. The van der Waals surface area contributed by atoms with E-state index < -0.39 is 0 Å². The van der Waals surface area contributed by atoms with Gasteiger partial charge in [-0.1, -0.05) is 72.1 Å². The molecule has 0 aliphatic carbocycles. The summed E-state index contributed by atoms with van der Waals surface area (Å²) in [6.07, 6.45) is 13.4. The summed E-state index contributed by atoms with van der Waals surface area (Å²) in [4.78, 5) is 11.7. The predicted octanol–water partition coefficient (Wildman–Crippen LogP) is 6.23. The van der Waals surface area contributed by atoms with E-state index in [1.165, 1.54) is 63.5 Å². The third-order valence-corrected chi connectivity index (χ3v) is 5.19. The Morgan fingerprint density at radius 3 is 2.27 bits per heavy atom. The second kappa shape index (κ2) is 17.2. The van der Waals surface area contributed by atoms with Crippen LogP contribution in [0.4, 0.5) is 0 Å². The number of thioether (sulfide) groups is 1. The Kier molecular flexibility index (Phi) is 17.0. The van der Waals surface area contributed by atoms with Gasteiger partial charge in [-0.25, -0.2) is 0 Å². The van der Waals surface area contributed by atoms with Crippen molar-refractivity contribution in [2.24, 2.45) is 5.92 Å². The van der Waals surface area contributed by atoms with E-state index in [0.29, 0.717) is 18.9 Å². The molecule has 0 fully saturated rings. The first-order valence-corrected chi connectivity index (χ1v) is 10.6. The van der Waals surface area contributed by atoms with Crippen molar-refractivity contribution < 1.29 is 9.53 Å². The molecule has 0 aromatic rings. The highest BCUT2D eigenvalue weighted by molar-refractivity contribution is 7.99. The lowest BCUT2D eigenvalue weighted by molar-refractivity contribution is -0.144. The second-order valence-corrected chi connectivity index (χ2v) is 7.45. The quantitative estimate of drug-likeness (QED) is 0.248. The number of unbranched alkanes of at least 4 members (excludes halogenated alkanes) is 6. The van der Waals surface area contributed by atoms with Gasteiger partial charge in [0.1, 0.15) is 0 Å². The van der Waals surface area contributed by atoms with E-state index in [1.807, 2.05) is 11.8 Å². The number of carbonyl (C=O) groups excluding carboxylic acids is 1. The van der Waals surface area contributed by atoms with Crippen LogP contribution in [-0.2, 0) is 9.53 Å². The molecule has 1 atom stereocenters. The number of rotatable bonds is 16. The highest BCUT2D eigenvalue weighted by Crippen LogP contribution is 2.14. The third-order valence-electron chi connectivity index (χ3n) is 4.12. The van der Waals surface area contributed by atoms with Crippen molar-refractivity contribution in [3.63, 3.8) is 0 Å². The molecule has 1 unspecified atom stereocenters. The molecule has 3 heteroatoms. The molecule has 22 heavy (non-hydrogen) atoms. The molecule has 0 radical (unpaired) electrons. The molecule has 0 heterocycles. The van der Waals surface area contributed by atoms with Crippen LogP contribution in [0.15, 0.2) is 0 Å². The van der Waals surface area contributed by atoms with Crippen molar-refractivity contribution in [3.05, 3.63) is 0 Å². The van der Waals surface area contributed by atoms with Crippen molar-refractivity contribution in [2.75, 3.05) is 18.1 Å². The Labute approximate surface area is 143 Å². The Balaban J connectivity index is 3.38. The average Bonchev–Trinajstić information content (AvgIpc) is 2.53. The van der Waals surface area contributed by atoms with Gasteiger partial charge in [0.25, 0.3) is 0 Å². The summed E-state index contributed by atoms with van der Waals surface area (Å²) in [6.45, 7) is 7.27. The standard InChI is InChI=1S/C19H38O2S/c1-4-7-9-10-11-12-15-22-16-14-19(20)21-17-18(6-3)13-8-5-2/h18H,4-17H2,1-3H3. The van der Waals surface area contributed by atoms with Gasteiger partial charge in [-0.2, -0.15) is 11.8 Å². The van der Waals surface area contributed by atoms with Gasteiger partial charge >= 0.3 is 5.97 Å². The first-order valence-electron chi connectivity index (χ1n) is 9.47. The normalized spacial score (nSPS) is 12.3. The molecule has 0 saturated carbocycles. The Morgan fingerprint density at radius 2 is 1.59 bits per heavy atom. The minimum atomic E-state index is -0.00889. The van der Waals surface area contributed by atoms with E-state index in [4.69, 9.17) is 4.74 Å². The number of ether oxygens (including phenoxy) is 1. The van der Waals surface area contributed by atoms with E-state index in [-0.39, 0.29) is 5.97 Å². The Bertz CT molecular complexity index is 244. The van der Waals surface area contributed by atoms with E-state index in [9.17, 15) is 4.79 Å². The zero-order valence-corrected chi connectivity index (χ0v) is 16.0. The highest BCUT2D eigenvalue weighted by Gasteiger charge is 2.09. The van der Waals surface area contributed by atoms with Crippen LogP contribution in [0.2, 0.25) is 0 Å².